The van der Waals surface area contributed by atoms with Gasteiger partial charge < -0.3 is 5.11 Å². The van der Waals surface area contributed by atoms with Gasteiger partial charge in [-0.25, -0.2) is 0 Å². The average Bonchev–Trinajstić information content (AvgIpc) is 2.04. The molecule has 0 aliphatic heterocycles. The molecule has 0 atom stereocenters. The Morgan fingerprint density at radius 1 is 1.29 bits per heavy atom. The van der Waals surface area contributed by atoms with E-state index in [1.807, 2.05) is 0 Å². The Balaban J connectivity index is 0.000000500. The van der Waals surface area contributed by atoms with Crippen molar-refractivity contribution in [1.82, 2.24) is 0 Å². The topological polar surface area (TPSA) is 20.2 Å². The van der Waals surface area contributed by atoms with Crippen molar-refractivity contribution in [2.75, 3.05) is 6.61 Å². The van der Waals surface area contributed by atoms with Crippen LogP contribution in [0, 0.1) is 6.92 Å². The zero-order chi connectivity index (χ0) is 11.2. The summed E-state index contributed by atoms with van der Waals surface area (Å²) in [5.41, 5.74) is 0.0392. The molecule has 0 fully saturated rings. The molecule has 0 heterocycles. The first kappa shape index (κ1) is 13.0. The third-order valence-corrected chi connectivity index (χ3v) is 1.35. The zero-order valence-electron chi connectivity index (χ0n) is 8.10. The number of alkyl halides is 3. The summed E-state index contributed by atoms with van der Waals surface area (Å²) in [6, 6.07) is 5.22. The van der Waals surface area contributed by atoms with E-state index in [1.54, 1.807) is 19.9 Å². The van der Waals surface area contributed by atoms with E-state index in [0.29, 0.717) is 5.56 Å². The molecule has 0 spiro atoms. The van der Waals surface area contributed by atoms with Crippen molar-refractivity contribution in [3.05, 3.63) is 35.4 Å². The van der Waals surface area contributed by atoms with E-state index in [1.165, 1.54) is 6.07 Å². The van der Waals surface area contributed by atoms with Gasteiger partial charge in [-0.1, -0.05) is 23.8 Å². The molecular weight excluding hydrogens is 193 g/mol. The molecule has 0 aliphatic rings. The van der Waals surface area contributed by atoms with Crippen molar-refractivity contribution >= 4 is 0 Å². The largest absolute Gasteiger partial charge is 0.416 e. The first-order valence-corrected chi connectivity index (χ1v) is 4.16. The lowest BCUT2D eigenvalue weighted by Crippen LogP contribution is -2.04. The van der Waals surface area contributed by atoms with Gasteiger partial charge in [0.05, 0.1) is 5.56 Å². The number of hydrogen-bond donors (Lipinski definition) is 1. The Bertz CT molecular complexity index is 268. The molecule has 0 aliphatic carbocycles. The third-order valence-electron chi connectivity index (χ3n) is 1.35. The second-order valence-corrected chi connectivity index (χ2v) is 2.68. The van der Waals surface area contributed by atoms with Gasteiger partial charge in [0.2, 0.25) is 0 Å². The number of aliphatic hydroxyl groups excluding tert-OH is 1. The highest BCUT2D eigenvalue weighted by Crippen LogP contribution is 2.29. The van der Waals surface area contributed by atoms with Crippen molar-refractivity contribution in [3.63, 3.8) is 0 Å². The van der Waals surface area contributed by atoms with Gasteiger partial charge in [0, 0.05) is 6.61 Å². The van der Waals surface area contributed by atoms with Crippen LogP contribution in [0.4, 0.5) is 13.2 Å². The maximum atomic E-state index is 12.0. The summed E-state index contributed by atoms with van der Waals surface area (Å²) in [6.07, 6.45) is -4.22. The van der Waals surface area contributed by atoms with Crippen LogP contribution in [-0.2, 0) is 6.18 Å². The number of benzene rings is 1. The molecule has 0 amide bonds. The van der Waals surface area contributed by atoms with E-state index in [4.69, 9.17) is 5.11 Å². The van der Waals surface area contributed by atoms with E-state index >= 15 is 0 Å². The number of rotatable bonds is 0. The lowest BCUT2D eigenvalue weighted by atomic mass is 10.1. The van der Waals surface area contributed by atoms with Crippen LogP contribution in [0.25, 0.3) is 0 Å². The summed E-state index contributed by atoms with van der Waals surface area (Å²) < 4.78 is 35.9. The molecule has 0 bridgehead atoms. The highest BCUT2D eigenvalue weighted by atomic mass is 19.4. The molecule has 1 aromatic rings. The first-order valence-electron chi connectivity index (χ1n) is 4.16. The van der Waals surface area contributed by atoms with Crippen LogP contribution in [-0.4, -0.2) is 11.7 Å². The summed E-state index contributed by atoms with van der Waals surface area (Å²) >= 11 is 0. The van der Waals surface area contributed by atoms with E-state index in [-0.39, 0.29) is 6.61 Å². The lowest BCUT2D eigenvalue weighted by molar-refractivity contribution is -0.137. The average molecular weight is 206 g/mol. The number of aryl methyl sites for hydroxylation is 1. The minimum absolute atomic E-state index is 0.250. The standard InChI is InChI=1S/C8H7F3.C2H6O/c1-6-3-2-4-7(5-6)8(9,10)11;1-2-3/h2-5H,1H3;3H,2H2,1H3. The molecule has 1 nitrogen and oxygen atoms in total. The van der Waals surface area contributed by atoms with Gasteiger partial charge in [0.1, 0.15) is 0 Å². The number of hydrogen-bond acceptors (Lipinski definition) is 1. The summed E-state index contributed by atoms with van der Waals surface area (Å²) in [5, 5.41) is 7.57. The van der Waals surface area contributed by atoms with E-state index in [0.717, 1.165) is 12.1 Å². The van der Waals surface area contributed by atoms with Crippen LogP contribution in [0.2, 0.25) is 0 Å². The molecule has 0 radical (unpaired) electrons. The van der Waals surface area contributed by atoms with Gasteiger partial charge in [0.25, 0.3) is 0 Å². The van der Waals surface area contributed by atoms with E-state index in [2.05, 4.69) is 0 Å². The van der Waals surface area contributed by atoms with Crippen LogP contribution < -0.4 is 0 Å². The normalized spacial score (nSPS) is 10.4. The zero-order valence-corrected chi connectivity index (χ0v) is 8.10. The van der Waals surface area contributed by atoms with Crippen molar-refractivity contribution < 1.29 is 18.3 Å². The minimum Gasteiger partial charge on any atom is -0.397 e. The molecule has 1 N–H and O–H groups in total. The van der Waals surface area contributed by atoms with Crippen LogP contribution >= 0.6 is 0 Å². The van der Waals surface area contributed by atoms with Gasteiger partial charge in [-0.2, -0.15) is 13.2 Å². The second-order valence-electron chi connectivity index (χ2n) is 2.68. The summed E-state index contributed by atoms with van der Waals surface area (Å²) in [5.74, 6) is 0. The first-order chi connectivity index (χ1) is 6.41. The molecule has 0 saturated carbocycles. The van der Waals surface area contributed by atoms with Crippen LogP contribution in [0.5, 0.6) is 0 Å². The Hall–Kier alpha value is -1.03. The predicted molar refractivity (Wildman–Crippen MR) is 48.9 cm³/mol. The summed E-state index contributed by atoms with van der Waals surface area (Å²) in [6.45, 7) is 3.56. The molecule has 1 aromatic carbocycles. The predicted octanol–water partition coefficient (Wildman–Crippen LogP) is 3.01. The third kappa shape index (κ3) is 4.87. The van der Waals surface area contributed by atoms with Crippen molar-refractivity contribution in [2.45, 2.75) is 20.0 Å². The van der Waals surface area contributed by atoms with E-state index in [9.17, 15) is 13.2 Å². The maximum Gasteiger partial charge on any atom is 0.416 e. The fourth-order valence-corrected chi connectivity index (χ4v) is 0.821. The SMILES string of the molecule is CCO.Cc1cccc(C(F)(F)F)c1. The molecule has 0 saturated heterocycles. The van der Waals surface area contributed by atoms with Gasteiger partial charge in [-0.3, -0.25) is 0 Å². The molecular formula is C10H13F3O. The Morgan fingerprint density at radius 3 is 2.07 bits per heavy atom. The molecule has 80 valence electrons. The molecule has 0 unspecified atom stereocenters. The number of halogens is 3. The maximum absolute atomic E-state index is 12.0. The highest BCUT2D eigenvalue weighted by molar-refractivity contribution is 5.24. The molecule has 4 heteroatoms. The molecule has 0 aromatic heterocycles. The molecule has 14 heavy (non-hydrogen) atoms. The Kier molecular flexibility index (Phi) is 5.23. The molecule has 1 rings (SSSR count). The second kappa shape index (κ2) is 5.65. The monoisotopic (exact) mass is 206 g/mol. The van der Waals surface area contributed by atoms with Gasteiger partial charge in [-0.05, 0) is 19.9 Å². The van der Waals surface area contributed by atoms with Gasteiger partial charge in [-0.15, -0.1) is 0 Å². The minimum atomic E-state index is -4.22. The number of aliphatic hydroxyl groups is 1. The van der Waals surface area contributed by atoms with Crippen molar-refractivity contribution in [1.29, 1.82) is 0 Å². The Morgan fingerprint density at radius 2 is 1.79 bits per heavy atom. The van der Waals surface area contributed by atoms with Gasteiger partial charge in [0.15, 0.2) is 0 Å². The van der Waals surface area contributed by atoms with Crippen LogP contribution in [0.3, 0.4) is 0 Å². The summed E-state index contributed by atoms with van der Waals surface area (Å²) in [4.78, 5) is 0. The lowest BCUT2D eigenvalue weighted by Gasteiger charge is -2.05. The highest BCUT2D eigenvalue weighted by Gasteiger charge is 2.29. The summed E-state index contributed by atoms with van der Waals surface area (Å²) in [7, 11) is 0. The van der Waals surface area contributed by atoms with Gasteiger partial charge >= 0.3 is 6.18 Å². The quantitative estimate of drug-likeness (QED) is 0.691. The van der Waals surface area contributed by atoms with E-state index < -0.39 is 11.7 Å². The van der Waals surface area contributed by atoms with Crippen molar-refractivity contribution in [3.8, 4) is 0 Å². The fourth-order valence-electron chi connectivity index (χ4n) is 0.821. The Labute approximate surface area is 81.2 Å². The van der Waals surface area contributed by atoms with Crippen LogP contribution in [0.1, 0.15) is 18.1 Å². The van der Waals surface area contributed by atoms with Crippen LogP contribution in [0.15, 0.2) is 24.3 Å². The smallest absolute Gasteiger partial charge is 0.397 e. The fraction of sp³-hybridized carbons (Fsp3) is 0.400. The van der Waals surface area contributed by atoms with Crippen molar-refractivity contribution in [2.24, 2.45) is 0 Å².